The molecule has 0 amide bonds. The number of hydrogen-bond donors (Lipinski definition) is 0. The van der Waals surface area contributed by atoms with Crippen LogP contribution < -0.4 is 10.4 Å². The van der Waals surface area contributed by atoms with E-state index in [0.717, 1.165) is 23.2 Å². The van der Waals surface area contributed by atoms with Gasteiger partial charge in [0.2, 0.25) is 0 Å². The Bertz CT molecular complexity index is 790. The van der Waals surface area contributed by atoms with Gasteiger partial charge >= 0.3 is 5.69 Å². The lowest BCUT2D eigenvalue weighted by atomic mass is 10.3. The van der Waals surface area contributed by atoms with Crippen LogP contribution >= 0.6 is 0 Å². The Kier molecular flexibility index (Phi) is 3.73. The first-order chi connectivity index (χ1) is 10.3. The number of imidazole rings is 1. The number of fused-ring (bicyclic) bond motifs is 1. The van der Waals surface area contributed by atoms with Crippen molar-refractivity contribution in [1.29, 1.82) is 0 Å². The molecule has 0 atom stereocenters. The van der Waals surface area contributed by atoms with E-state index in [1.807, 2.05) is 36.4 Å². The topological polar surface area (TPSA) is 49.0 Å². The summed E-state index contributed by atoms with van der Waals surface area (Å²) in [6.45, 7) is 1.20. The Morgan fingerprint density at radius 2 is 1.95 bits per heavy atom. The highest BCUT2D eigenvalue weighted by molar-refractivity contribution is 5.74. The molecule has 5 nitrogen and oxygen atoms in total. The molecule has 0 radical (unpaired) electrons. The smallest absolute Gasteiger partial charge is 0.328 e. The molecule has 2 heterocycles. The lowest BCUT2D eigenvalue weighted by Gasteiger charge is -2.06. The largest absolute Gasteiger partial charge is 0.494 e. The lowest BCUT2D eigenvalue weighted by Crippen LogP contribution is -2.23. The van der Waals surface area contributed by atoms with Crippen molar-refractivity contribution in [2.45, 2.75) is 13.0 Å². The maximum atomic E-state index is 12.2. The summed E-state index contributed by atoms with van der Waals surface area (Å²) in [6, 6.07) is 11.5. The highest BCUT2D eigenvalue weighted by atomic mass is 16.5. The molecular weight excluding hydrogens is 266 g/mol. The van der Waals surface area contributed by atoms with Crippen LogP contribution in [0.3, 0.4) is 0 Å². The number of hydrogen-bond acceptors (Lipinski definition) is 3. The molecule has 0 aliphatic carbocycles. The molecule has 3 aromatic rings. The summed E-state index contributed by atoms with van der Waals surface area (Å²) in [4.78, 5) is 16.3. The van der Waals surface area contributed by atoms with E-state index in [0.29, 0.717) is 13.2 Å². The monoisotopic (exact) mass is 283 g/mol. The summed E-state index contributed by atoms with van der Waals surface area (Å²) in [5.74, 6) is 0.851. The fraction of sp³-hybridized carbons (Fsp3) is 0.250. The Labute approximate surface area is 122 Å². The van der Waals surface area contributed by atoms with Crippen LogP contribution in [0.2, 0.25) is 0 Å². The van der Waals surface area contributed by atoms with Crippen LogP contribution in [0.25, 0.3) is 11.0 Å². The molecule has 0 saturated heterocycles. The minimum absolute atomic E-state index is 0.0160. The van der Waals surface area contributed by atoms with Crippen molar-refractivity contribution < 1.29 is 4.74 Å². The van der Waals surface area contributed by atoms with Crippen molar-refractivity contribution in [2.24, 2.45) is 7.05 Å². The number of pyridine rings is 1. The van der Waals surface area contributed by atoms with Crippen LogP contribution in [0.1, 0.15) is 6.42 Å². The van der Waals surface area contributed by atoms with Crippen molar-refractivity contribution in [1.82, 2.24) is 14.1 Å². The van der Waals surface area contributed by atoms with Gasteiger partial charge in [0, 0.05) is 19.8 Å². The summed E-state index contributed by atoms with van der Waals surface area (Å²) in [5.41, 5.74) is 1.75. The van der Waals surface area contributed by atoms with Crippen molar-refractivity contribution >= 4 is 11.0 Å². The first-order valence-corrected chi connectivity index (χ1v) is 6.94. The fourth-order valence-corrected chi connectivity index (χ4v) is 2.40. The van der Waals surface area contributed by atoms with Gasteiger partial charge in [0.1, 0.15) is 5.75 Å². The van der Waals surface area contributed by atoms with Gasteiger partial charge in [0.25, 0.3) is 0 Å². The predicted molar refractivity (Wildman–Crippen MR) is 81.5 cm³/mol. The van der Waals surface area contributed by atoms with Crippen molar-refractivity contribution in [3.8, 4) is 5.75 Å². The van der Waals surface area contributed by atoms with E-state index in [4.69, 9.17) is 4.74 Å². The fourth-order valence-electron chi connectivity index (χ4n) is 2.40. The Morgan fingerprint density at radius 3 is 2.76 bits per heavy atom. The molecule has 0 bridgehead atoms. The van der Waals surface area contributed by atoms with Crippen LogP contribution in [0, 0.1) is 0 Å². The number of rotatable bonds is 5. The zero-order valence-corrected chi connectivity index (χ0v) is 11.9. The molecule has 21 heavy (non-hydrogen) atoms. The van der Waals surface area contributed by atoms with Crippen molar-refractivity contribution in [2.75, 3.05) is 6.61 Å². The Balaban J connectivity index is 1.69. The van der Waals surface area contributed by atoms with Gasteiger partial charge < -0.3 is 4.74 Å². The quantitative estimate of drug-likeness (QED) is 0.674. The maximum absolute atomic E-state index is 12.2. The Morgan fingerprint density at radius 1 is 1.14 bits per heavy atom. The minimum Gasteiger partial charge on any atom is -0.494 e. The second-order valence-corrected chi connectivity index (χ2v) is 4.87. The van der Waals surface area contributed by atoms with E-state index in [1.165, 1.54) is 0 Å². The average molecular weight is 283 g/mol. The van der Waals surface area contributed by atoms with E-state index in [1.54, 1.807) is 28.6 Å². The van der Waals surface area contributed by atoms with Crippen LogP contribution in [0.5, 0.6) is 5.75 Å². The molecule has 0 aliphatic heterocycles. The molecule has 108 valence electrons. The van der Waals surface area contributed by atoms with E-state index >= 15 is 0 Å². The number of ether oxygens (including phenoxy) is 1. The van der Waals surface area contributed by atoms with Gasteiger partial charge in [-0.1, -0.05) is 18.2 Å². The van der Waals surface area contributed by atoms with E-state index in [9.17, 15) is 4.79 Å². The van der Waals surface area contributed by atoms with Crippen LogP contribution in [0.4, 0.5) is 0 Å². The van der Waals surface area contributed by atoms with Gasteiger partial charge in [-0.2, -0.15) is 0 Å². The summed E-state index contributed by atoms with van der Waals surface area (Å²) >= 11 is 0. The molecule has 0 fully saturated rings. The van der Waals surface area contributed by atoms with Gasteiger partial charge in [-0.05, 0) is 24.6 Å². The third-order valence-electron chi connectivity index (χ3n) is 3.49. The van der Waals surface area contributed by atoms with Crippen molar-refractivity contribution in [3.63, 3.8) is 0 Å². The van der Waals surface area contributed by atoms with E-state index in [2.05, 4.69) is 4.98 Å². The maximum Gasteiger partial charge on any atom is 0.328 e. The number of nitrogens with zero attached hydrogens (tertiary/aromatic N) is 3. The van der Waals surface area contributed by atoms with Gasteiger partial charge in [-0.25, -0.2) is 4.79 Å². The van der Waals surface area contributed by atoms with Crippen molar-refractivity contribution in [3.05, 3.63) is 59.3 Å². The molecule has 2 aromatic heterocycles. The number of aryl methyl sites for hydroxylation is 2. The Hall–Kier alpha value is -2.56. The van der Waals surface area contributed by atoms with Crippen LogP contribution in [0.15, 0.2) is 53.6 Å². The average Bonchev–Trinajstić information content (AvgIpc) is 2.77. The third-order valence-corrected chi connectivity index (χ3v) is 3.49. The zero-order chi connectivity index (χ0) is 14.7. The standard InChI is InChI=1S/C16H17N3O2/c1-18-14-8-9-17-12-15(14)19(16(18)20)10-5-11-21-13-6-3-2-4-7-13/h2-4,6-9,12H,5,10-11H2,1H3. The van der Waals surface area contributed by atoms with E-state index < -0.39 is 0 Å². The van der Waals surface area contributed by atoms with Gasteiger partial charge in [-0.3, -0.25) is 14.1 Å². The lowest BCUT2D eigenvalue weighted by molar-refractivity contribution is 0.301. The number of para-hydroxylation sites is 1. The molecule has 3 rings (SSSR count). The van der Waals surface area contributed by atoms with Gasteiger partial charge in [-0.15, -0.1) is 0 Å². The second kappa shape index (κ2) is 5.83. The molecule has 0 aliphatic rings. The number of benzene rings is 1. The minimum atomic E-state index is -0.0160. The summed E-state index contributed by atoms with van der Waals surface area (Å²) in [6.07, 6.45) is 4.20. The molecule has 0 saturated carbocycles. The normalized spacial score (nSPS) is 10.9. The summed E-state index contributed by atoms with van der Waals surface area (Å²) in [7, 11) is 1.78. The molecular formula is C16H17N3O2. The highest BCUT2D eigenvalue weighted by Gasteiger charge is 2.09. The van der Waals surface area contributed by atoms with E-state index in [-0.39, 0.29) is 5.69 Å². The zero-order valence-electron chi connectivity index (χ0n) is 11.9. The second-order valence-electron chi connectivity index (χ2n) is 4.87. The first-order valence-electron chi connectivity index (χ1n) is 6.94. The molecule has 0 spiro atoms. The SMILES string of the molecule is Cn1c(=O)n(CCCOc2ccccc2)c2cnccc21. The third kappa shape index (κ3) is 2.67. The number of aromatic nitrogens is 3. The van der Waals surface area contributed by atoms with Crippen LogP contribution in [-0.4, -0.2) is 20.7 Å². The first kappa shape index (κ1) is 13.4. The summed E-state index contributed by atoms with van der Waals surface area (Å²) < 4.78 is 9.04. The summed E-state index contributed by atoms with van der Waals surface area (Å²) in [5, 5.41) is 0. The molecule has 0 N–H and O–H groups in total. The van der Waals surface area contributed by atoms with Gasteiger partial charge in [0.15, 0.2) is 0 Å². The predicted octanol–water partition coefficient (Wildman–Crippen LogP) is 2.20. The van der Waals surface area contributed by atoms with Gasteiger partial charge in [0.05, 0.1) is 23.8 Å². The molecule has 5 heteroatoms. The molecule has 1 aromatic carbocycles. The highest BCUT2D eigenvalue weighted by Crippen LogP contribution is 2.11. The van der Waals surface area contributed by atoms with Crippen LogP contribution in [-0.2, 0) is 13.6 Å². The molecule has 0 unspecified atom stereocenters.